The van der Waals surface area contributed by atoms with Crippen LogP contribution in [0.15, 0.2) is 84.0 Å². The molecule has 1 aliphatic rings. The Balaban J connectivity index is 0.00000192. The zero-order valence-electron chi connectivity index (χ0n) is 14.5. The normalized spacial score (nSPS) is 13.5. The first kappa shape index (κ1) is 18.9. The molecule has 1 aromatic heterocycles. The van der Waals surface area contributed by atoms with E-state index in [2.05, 4.69) is 11.6 Å². The molecule has 0 spiro atoms. The second-order valence-electron chi connectivity index (χ2n) is 5.95. The molecule has 0 saturated carbocycles. The summed E-state index contributed by atoms with van der Waals surface area (Å²) >= 11 is 8.06. The molecule has 0 fully saturated rings. The summed E-state index contributed by atoms with van der Waals surface area (Å²) in [5, 5.41) is 9.80. The quantitative estimate of drug-likeness (QED) is 0.419. The maximum absolute atomic E-state index is 6.46. The second-order valence-corrected chi connectivity index (χ2v) is 7.37. The minimum absolute atomic E-state index is 0. The van der Waals surface area contributed by atoms with E-state index in [1.54, 1.807) is 16.5 Å². The van der Waals surface area contributed by atoms with Crippen LogP contribution in [0.2, 0.25) is 5.02 Å². The Morgan fingerprint density at radius 2 is 1.57 bits per heavy atom. The summed E-state index contributed by atoms with van der Waals surface area (Å²) in [6.45, 7) is 0. The molecule has 0 atom stereocenters. The lowest BCUT2D eigenvalue weighted by Gasteiger charge is -2.19. The Hall–Kier alpha value is -2.45. The van der Waals surface area contributed by atoms with Gasteiger partial charge in [0.15, 0.2) is 5.84 Å². The number of para-hydroxylation sites is 2. The van der Waals surface area contributed by atoms with E-state index in [0.717, 1.165) is 26.6 Å². The van der Waals surface area contributed by atoms with Gasteiger partial charge in [-0.2, -0.15) is 5.12 Å². The molecule has 140 valence electrons. The highest BCUT2D eigenvalue weighted by Gasteiger charge is 2.29. The Kier molecular flexibility index (Phi) is 5.32. The van der Waals surface area contributed by atoms with Crippen molar-refractivity contribution in [3.8, 4) is 0 Å². The number of hydrazine groups is 2. The van der Waals surface area contributed by atoms with E-state index >= 15 is 0 Å². The van der Waals surface area contributed by atoms with Crippen LogP contribution in [0.1, 0.15) is 5.56 Å². The van der Waals surface area contributed by atoms with Gasteiger partial charge in [0.2, 0.25) is 5.13 Å². The first-order valence-corrected chi connectivity index (χ1v) is 9.60. The highest BCUT2D eigenvalue weighted by atomic mass is 79.9. The van der Waals surface area contributed by atoms with Crippen molar-refractivity contribution in [1.29, 1.82) is 0 Å². The van der Waals surface area contributed by atoms with Gasteiger partial charge in [-0.25, -0.2) is 9.99 Å². The smallest absolute Gasteiger partial charge is 0.208 e. The van der Waals surface area contributed by atoms with Crippen molar-refractivity contribution in [3.05, 3.63) is 89.4 Å². The van der Waals surface area contributed by atoms with Crippen molar-refractivity contribution < 1.29 is 0 Å². The average molecular weight is 473 g/mol. The standard InChI is InChI=1S/C20H14ClN5S.BrH/c21-16-11-5-4-10-15(16)19-23-26(14-8-2-1-3-9-14)24-25(19)20-22-17-12-6-7-13-18(17)27-20;/h1-13,24H;1H. The van der Waals surface area contributed by atoms with Crippen molar-refractivity contribution >= 4 is 66.8 Å². The Labute approximate surface area is 181 Å². The molecule has 8 heteroatoms. The number of halogens is 2. The predicted molar refractivity (Wildman–Crippen MR) is 122 cm³/mol. The largest absolute Gasteiger partial charge is 0.219 e. The summed E-state index contributed by atoms with van der Waals surface area (Å²) < 4.78 is 1.12. The SMILES string of the molecule is Br.Clc1ccccc1C1=NN(c2ccccc2)NN1c1nc2ccccc2s1. The number of benzene rings is 3. The van der Waals surface area contributed by atoms with Crippen LogP contribution in [-0.2, 0) is 0 Å². The number of hydrogen-bond donors (Lipinski definition) is 1. The van der Waals surface area contributed by atoms with E-state index in [-0.39, 0.29) is 17.0 Å². The Morgan fingerprint density at radius 3 is 2.36 bits per heavy atom. The molecule has 0 aliphatic carbocycles. The minimum Gasteiger partial charge on any atom is -0.219 e. The van der Waals surface area contributed by atoms with Gasteiger partial charge < -0.3 is 0 Å². The number of hydrazone groups is 1. The molecule has 0 bridgehead atoms. The van der Waals surface area contributed by atoms with Gasteiger partial charge in [0, 0.05) is 5.56 Å². The molecule has 5 rings (SSSR count). The summed E-state index contributed by atoms with van der Waals surface area (Å²) in [4.78, 5) is 4.76. The van der Waals surface area contributed by atoms with Gasteiger partial charge in [0.05, 0.1) is 20.9 Å². The second kappa shape index (κ2) is 7.89. The molecule has 0 saturated heterocycles. The third kappa shape index (κ3) is 3.38. The van der Waals surface area contributed by atoms with Gasteiger partial charge in [0.1, 0.15) is 0 Å². The van der Waals surface area contributed by atoms with Crippen LogP contribution < -0.4 is 15.7 Å². The molecule has 0 unspecified atom stereocenters. The monoisotopic (exact) mass is 471 g/mol. The maximum atomic E-state index is 6.46. The van der Waals surface area contributed by atoms with Crippen LogP contribution in [0.4, 0.5) is 10.8 Å². The molecule has 0 amide bonds. The molecule has 1 aliphatic heterocycles. The number of nitrogens with one attached hydrogen (secondary N) is 1. The summed E-state index contributed by atoms with van der Waals surface area (Å²) in [6.07, 6.45) is 0. The topological polar surface area (TPSA) is 43.8 Å². The van der Waals surface area contributed by atoms with E-state index in [1.165, 1.54) is 0 Å². The van der Waals surface area contributed by atoms with Crippen LogP contribution in [0, 0.1) is 0 Å². The molecule has 0 radical (unpaired) electrons. The molecule has 5 nitrogen and oxygen atoms in total. The highest BCUT2D eigenvalue weighted by Crippen LogP contribution is 2.32. The van der Waals surface area contributed by atoms with E-state index in [4.69, 9.17) is 21.7 Å². The van der Waals surface area contributed by atoms with Crippen LogP contribution >= 0.6 is 39.9 Å². The number of thiazole rings is 1. The number of rotatable bonds is 3. The van der Waals surface area contributed by atoms with E-state index in [9.17, 15) is 0 Å². The summed E-state index contributed by atoms with van der Waals surface area (Å²) in [5.74, 6) is 0.698. The van der Waals surface area contributed by atoms with Gasteiger partial charge in [0.25, 0.3) is 0 Å². The average Bonchev–Trinajstić information content (AvgIpc) is 3.33. The summed E-state index contributed by atoms with van der Waals surface area (Å²) in [5.41, 5.74) is 6.03. The molecule has 4 aromatic rings. The minimum atomic E-state index is 0. The number of amidine groups is 1. The highest BCUT2D eigenvalue weighted by molar-refractivity contribution is 8.93. The van der Waals surface area contributed by atoms with Gasteiger partial charge in [-0.05, 0) is 36.4 Å². The lowest BCUT2D eigenvalue weighted by Crippen LogP contribution is -2.43. The fourth-order valence-electron chi connectivity index (χ4n) is 2.89. The lowest BCUT2D eigenvalue weighted by atomic mass is 10.2. The fourth-order valence-corrected chi connectivity index (χ4v) is 4.04. The number of fused-ring (bicyclic) bond motifs is 1. The molecule has 2 heterocycles. The van der Waals surface area contributed by atoms with Gasteiger partial charge >= 0.3 is 0 Å². The molecule has 28 heavy (non-hydrogen) atoms. The van der Waals surface area contributed by atoms with Crippen molar-refractivity contribution in [2.24, 2.45) is 5.10 Å². The van der Waals surface area contributed by atoms with Crippen molar-refractivity contribution in [2.75, 3.05) is 10.1 Å². The summed E-state index contributed by atoms with van der Waals surface area (Å²) in [6, 6.07) is 25.7. The van der Waals surface area contributed by atoms with Crippen LogP contribution in [0.3, 0.4) is 0 Å². The molecular weight excluding hydrogens is 458 g/mol. The predicted octanol–water partition coefficient (Wildman–Crippen LogP) is 5.64. The van der Waals surface area contributed by atoms with Crippen LogP contribution in [0.5, 0.6) is 0 Å². The first-order chi connectivity index (χ1) is 13.3. The zero-order chi connectivity index (χ0) is 18.2. The van der Waals surface area contributed by atoms with Crippen LogP contribution in [-0.4, -0.2) is 10.8 Å². The fraction of sp³-hybridized carbons (Fsp3) is 0. The number of aromatic nitrogens is 1. The van der Waals surface area contributed by atoms with E-state index < -0.39 is 0 Å². The number of anilines is 2. The first-order valence-electron chi connectivity index (χ1n) is 8.40. The Bertz CT molecular complexity index is 1110. The molecule has 3 aromatic carbocycles. The lowest BCUT2D eigenvalue weighted by molar-refractivity contribution is 0.717. The van der Waals surface area contributed by atoms with Gasteiger partial charge in [-0.1, -0.05) is 65.4 Å². The van der Waals surface area contributed by atoms with Crippen molar-refractivity contribution in [1.82, 2.24) is 10.5 Å². The van der Waals surface area contributed by atoms with E-state index in [0.29, 0.717) is 10.9 Å². The van der Waals surface area contributed by atoms with Gasteiger partial charge in [-0.3, -0.25) is 0 Å². The van der Waals surface area contributed by atoms with Crippen molar-refractivity contribution in [2.45, 2.75) is 0 Å². The molecule has 1 N–H and O–H groups in total. The van der Waals surface area contributed by atoms with Gasteiger partial charge in [-0.15, -0.1) is 27.6 Å². The van der Waals surface area contributed by atoms with Crippen molar-refractivity contribution in [3.63, 3.8) is 0 Å². The maximum Gasteiger partial charge on any atom is 0.208 e. The zero-order valence-corrected chi connectivity index (χ0v) is 17.8. The van der Waals surface area contributed by atoms with Crippen LogP contribution in [0.25, 0.3) is 10.2 Å². The Morgan fingerprint density at radius 1 is 0.857 bits per heavy atom. The molecular formula is C20H15BrClN5S. The number of hydrogen-bond acceptors (Lipinski definition) is 6. The summed E-state index contributed by atoms with van der Waals surface area (Å²) in [7, 11) is 0. The van der Waals surface area contributed by atoms with E-state index in [1.807, 2.05) is 77.8 Å². The number of nitrogens with zero attached hydrogens (tertiary/aromatic N) is 4. The third-order valence-electron chi connectivity index (χ3n) is 4.19. The third-order valence-corrected chi connectivity index (χ3v) is 5.54.